The van der Waals surface area contributed by atoms with Gasteiger partial charge in [0.15, 0.2) is 11.6 Å². The van der Waals surface area contributed by atoms with Gasteiger partial charge < -0.3 is 0 Å². The molecule has 0 aliphatic heterocycles. The van der Waals surface area contributed by atoms with Crippen LogP contribution in [0.25, 0.3) is 39.6 Å². The molecular weight excluding hydrogens is 404 g/mol. The van der Waals surface area contributed by atoms with E-state index in [4.69, 9.17) is 0 Å². The molecule has 0 N–H and O–H groups in total. The molecule has 2 heterocycles. The molecule has 0 atom stereocenters. The molecule has 3 aromatic carbocycles. The van der Waals surface area contributed by atoms with Gasteiger partial charge in [0.1, 0.15) is 0 Å². The predicted octanol–water partition coefficient (Wildman–Crippen LogP) is 6.96. The van der Waals surface area contributed by atoms with E-state index in [1.165, 1.54) is 5.56 Å². The topological polar surface area (TPSA) is 43.6 Å². The SMILES string of the molecule is CC(C)(C)c1ccc(-c2nnc(-c3ccccc3)n2-c2ccc(-c3cccnc3)cc2)cc1. The molecule has 33 heavy (non-hydrogen) atoms. The molecule has 0 fully saturated rings. The van der Waals surface area contributed by atoms with E-state index in [-0.39, 0.29) is 5.41 Å². The van der Waals surface area contributed by atoms with Crippen LogP contribution in [0.1, 0.15) is 26.3 Å². The molecule has 0 spiro atoms. The van der Waals surface area contributed by atoms with Crippen molar-refractivity contribution < 1.29 is 0 Å². The number of rotatable bonds is 4. The monoisotopic (exact) mass is 430 g/mol. The average molecular weight is 431 g/mol. The molecular formula is C29H26N4. The van der Waals surface area contributed by atoms with Gasteiger partial charge in [-0.15, -0.1) is 10.2 Å². The van der Waals surface area contributed by atoms with Crippen LogP contribution in [-0.4, -0.2) is 19.7 Å². The van der Waals surface area contributed by atoms with E-state index in [0.29, 0.717) is 0 Å². The first-order valence-corrected chi connectivity index (χ1v) is 11.1. The van der Waals surface area contributed by atoms with Gasteiger partial charge in [0.05, 0.1) is 0 Å². The number of pyridine rings is 1. The van der Waals surface area contributed by atoms with Crippen LogP contribution in [0.15, 0.2) is 103 Å². The summed E-state index contributed by atoms with van der Waals surface area (Å²) in [5, 5.41) is 9.21. The minimum absolute atomic E-state index is 0.101. The van der Waals surface area contributed by atoms with Crippen molar-refractivity contribution in [3.63, 3.8) is 0 Å². The number of aromatic nitrogens is 4. The van der Waals surface area contributed by atoms with Crippen LogP contribution in [0, 0.1) is 0 Å². The lowest BCUT2D eigenvalue weighted by Crippen LogP contribution is -2.10. The van der Waals surface area contributed by atoms with Crippen LogP contribution >= 0.6 is 0 Å². The Bertz CT molecular complexity index is 1350. The van der Waals surface area contributed by atoms with Gasteiger partial charge in [-0.2, -0.15) is 0 Å². The fraction of sp³-hybridized carbons (Fsp3) is 0.138. The highest BCUT2D eigenvalue weighted by atomic mass is 15.3. The third kappa shape index (κ3) is 4.20. The zero-order chi connectivity index (χ0) is 22.8. The maximum atomic E-state index is 4.61. The Hall–Kier alpha value is -4.05. The Kier molecular flexibility index (Phi) is 5.35. The summed E-state index contributed by atoms with van der Waals surface area (Å²) < 4.78 is 2.13. The molecule has 0 aliphatic carbocycles. The average Bonchev–Trinajstić information content (AvgIpc) is 3.30. The van der Waals surface area contributed by atoms with Crippen molar-refractivity contribution in [1.82, 2.24) is 19.7 Å². The fourth-order valence-electron chi connectivity index (χ4n) is 3.95. The van der Waals surface area contributed by atoms with Crippen LogP contribution in [0.3, 0.4) is 0 Å². The largest absolute Gasteiger partial charge is 0.275 e. The number of hydrogen-bond donors (Lipinski definition) is 0. The van der Waals surface area contributed by atoms with Crippen molar-refractivity contribution in [2.75, 3.05) is 0 Å². The highest BCUT2D eigenvalue weighted by Crippen LogP contribution is 2.31. The lowest BCUT2D eigenvalue weighted by atomic mass is 9.86. The standard InChI is InChI=1S/C29H26N4/c1-29(2,3)25-15-11-23(12-16-25)28-32-31-27(22-8-5-4-6-9-22)33(28)26-17-13-21(14-18-26)24-10-7-19-30-20-24/h4-20H,1-3H3. The second-order valence-electron chi connectivity index (χ2n) is 9.16. The molecule has 0 unspecified atom stereocenters. The van der Waals surface area contributed by atoms with Gasteiger partial charge in [-0.25, -0.2) is 0 Å². The summed E-state index contributed by atoms with van der Waals surface area (Å²) in [4.78, 5) is 4.24. The lowest BCUT2D eigenvalue weighted by molar-refractivity contribution is 0.590. The molecule has 162 valence electrons. The van der Waals surface area contributed by atoms with E-state index in [1.54, 1.807) is 6.20 Å². The highest BCUT2D eigenvalue weighted by Gasteiger charge is 2.19. The van der Waals surface area contributed by atoms with Crippen molar-refractivity contribution in [2.45, 2.75) is 26.2 Å². The summed E-state index contributed by atoms with van der Waals surface area (Å²) >= 11 is 0. The molecule has 5 rings (SSSR count). The molecule has 0 aliphatic rings. The number of benzene rings is 3. The van der Waals surface area contributed by atoms with E-state index in [2.05, 4.69) is 107 Å². The minimum Gasteiger partial charge on any atom is -0.275 e. The van der Waals surface area contributed by atoms with Crippen molar-refractivity contribution >= 4 is 0 Å². The van der Waals surface area contributed by atoms with E-state index in [1.807, 2.05) is 30.5 Å². The zero-order valence-electron chi connectivity index (χ0n) is 19.1. The van der Waals surface area contributed by atoms with Crippen LogP contribution < -0.4 is 0 Å². The Balaban J connectivity index is 1.63. The van der Waals surface area contributed by atoms with E-state index >= 15 is 0 Å². The van der Waals surface area contributed by atoms with Crippen LogP contribution in [0.2, 0.25) is 0 Å². The Morgan fingerprint density at radius 2 is 1.15 bits per heavy atom. The summed E-state index contributed by atoms with van der Waals surface area (Å²) in [7, 11) is 0. The van der Waals surface area contributed by atoms with Gasteiger partial charge in [-0.1, -0.05) is 93.6 Å². The molecule has 0 amide bonds. The fourth-order valence-corrected chi connectivity index (χ4v) is 3.95. The van der Waals surface area contributed by atoms with Gasteiger partial charge in [-0.3, -0.25) is 9.55 Å². The van der Waals surface area contributed by atoms with Gasteiger partial charge in [0, 0.05) is 29.2 Å². The highest BCUT2D eigenvalue weighted by molar-refractivity contribution is 5.69. The van der Waals surface area contributed by atoms with Crippen molar-refractivity contribution in [1.29, 1.82) is 0 Å². The molecule has 0 radical (unpaired) electrons. The van der Waals surface area contributed by atoms with E-state index in [0.717, 1.165) is 39.6 Å². The van der Waals surface area contributed by atoms with Gasteiger partial charge in [0.25, 0.3) is 0 Å². The summed E-state index contributed by atoms with van der Waals surface area (Å²) in [5.74, 6) is 1.64. The van der Waals surface area contributed by atoms with Gasteiger partial charge in [-0.05, 0) is 40.3 Å². The predicted molar refractivity (Wildman–Crippen MR) is 134 cm³/mol. The van der Waals surface area contributed by atoms with Crippen molar-refractivity contribution in [3.8, 4) is 39.6 Å². The summed E-state index contributed by atoms with van der Waals surface area (Å²) in [6.07, 6.45) is 3.67. The first-order valence-electron chi connectivity index (χ1n) is 11.1. The Morgan fingerprint density at radius 3 is 1.73 bits per heavy atom. The van der Waals surface area contributed by atoms with Crippen LogP contribution in [0.5, 0.6) is 0 Å². The molecule has 2 aromatic heterocycles. The van der Waals surface area contributed by atoms with Crippen LogP contribution in [-0.2, 0) is 5.41 Å². The summed E-state index contributed by atoms with van der Waals surface area (Å²) in [6, 6.07) is 31.3. The Labute approximate surface area is 194 Å². The van der Waals surface area contributed by atoms with Crippen LogP contribution in [0.4, 0.5) is 0 Å². The molecule has 4 heteroatoms. The molecule has 0 saturated carbocycles. The third-order valence-corrected chi connectivity index (χ3v) is 5.82. The number of nitrogens with zero attached hydrogens (tertiary/aromatic N) is 4. The normalized spacial score (nSPS) is 11.5. The smallest absolute Gasteiger partial charge is 0.168 e. The number of hydrogen-bond acceptors (Lipinski definition) is 3. The maximum Gasteiger partial charge on any atom is 0.168 e. The summed E-state index contributed by atoms with van der Waals surface area (Å²) in [5.41, 5.74) is 6.69. The van der Waals surface area contributed by atoms with Gasteiger partial charge in [0.2, 0.25) is 0 Å². The first kappa shape index (κ1) is 20.8. The third-order valence-electron chi connectivity index (χ3n) is 5.82. The first-order chi connectivity index (χ1) is 16.0. The van der Waals surface area contributed by atoms with Gasteiger partial charge >= 0.3 is 0 Å². The minimum atomic E-state index is 0.101. The maximum absolute atomic E-state index is 4.61. The lowest BCUT2D eigenvalue weighted by Gasteiger charge is -2.19. The zero-order valence-corrected chi connectivity index (χ0v) is 19.1. The molecule has 0 saturated heterocycles. The van der Waals surface area contributed by atoms with Crippen molar-refractivity contribution in [3.05, 3.63) is 109 Å². The molecule has 4 nitrogen and oxygen atoms in total. The summed E-state index contributed by atoms with van der Waals surface area (Å²) in [6.45, 7) is 6.67. The Morgan fingerprint density at radius 1 is 0.576 bits per heavy atom. The molecule has 0 bridgehead atoms. The second kappa shape index (κ2) is 8.47. The van der Waals surface area contributed by atoms with Crippen molar-refractivity contribution in [2.24, 2.45) is 0 Å². The van der Waals surface area contributed by atoms with E-state index in [9.17, 15) is 0 Å². The molecule has 5 aromatic rings. The van der Waals surface area contributed by atoms with E-state index < -0.39 is 0 Å². The quantitative estimate of drug-likeness (QED) is 0.309. The second-order valence-corrected chi connectivity index (χ2v) is 9.16.